The highest BCUT2D eigenvalue weighted by Gasteiger charge is 2.02. The van der Waals surface area contributed by atoms with Crippen molar-refractivity contribution in [2.24, 2.45) is 5.41 Å². The summed E-state index contributed by atoms with van der Waals surface area (Å²) in [6, 6.07) is 18.4. The van der Waals surface area contributed by atoms with Gasteiger partial charge in [0.15, 0.2) is 0 Å². The number of hydrogen-bond acceptors (Lipinski definition) is 0. The first-order chi connectivity index (χ1) is 10.5. The molecule has 2 aromatic rings. The quantitative estimate of drug-likeness (QED) is 0.588. The summed E-state index contributed by atoms with van der Waals surface area (Å²) in [5, 5.41) is 0. The average Bonchev–Trinajstić information content (AvgIpc) is 2.54. The van der Waals surface area contributed by atoms with Crippen molar-refractivity contribution in [3.63, 3.8) is 0 Å². The molecule has 0 atom stereocenters. The third kappa shape index (κ3) is 6.90. The van der Waals surface area contributed by atoms with Crippen LogP contribution in [0, 0.1) is 5.41 Å². The Labute approximate surface area is 135 Å². The molecule has 2 rings (SSSR count). The SMILES string of the molecule is C=Cc1ccccc1C=C.CC(C)(C)C=Cc1ccccc1. The zero-order valence-electron chi connectivity index (χ0n) is 13.9. The summed E-state index contributed by atoms with van der Waals surface area (Å²) in [7, 11) is 0. The third-order valence-electron chi connectivity index (χ3n) is 3.01. The van der Waals surface area contributed by atoms with Gasteiger partial charge in [0, 0.05) is 0 Å². The van der Waals surface area contributed by atoms with Gasteiger partial charge in [-0.25, -0.2) is 0 Å². The minimum atomic E-state index is 0.274. The van der Waals surface area contributed by atoms with Crippen LogP contribution in [0.25, 0.3) is 18.2 Å². The Hall–Kier alpha value is -2.34. The molecule has 0 aliphatic carbocycles. The molecule has 0 amide bonds. The van der Waals surface area contributed by atoms with Gasteiger partial charge in [-0.15, -0.1) is 0 Å². The molecular formula is C22H26. The molecule has 0 bridgehead atoms. The topological polar surface area (TPSA) is 0 Å². The van der Waals surface area contributed by atoms with Gasteiger partial charge in [0.25, 0.3) is 0 Å². The Balaban J connectivity index is 0.000000224. The Bertz CT molecular complexity index is 583. The van der Waals surface area contributed by atoms with Crippen LogP contribution in [0.15, 0.2) is 73.8 Å². The second-order valence-corrected chi connectivity index (χ2v) is 6.15. The molecule has 0 saturated heterocycles. The molecule has 0 nitrogen and oxygen atoms in total. The monoisotopic (exact) mass is 290 g/mol. The molecule has 0 fully saturated rings. The van der Waals surface area contributed by atoms with Crippen LogP contribution in [0.4, 0.5) is 0 Å². The van der Waals surface area contributed by atoms with Gasteiger partial charge in [0.2, 0.25) is 0 Å². The Morgan fingerprint density at radius 2 is 1.18 bits per heavy atom. The Morgan fingerprint density at radius 1 is 0.727 bits per heavy atom. The zero-order valence-corrected chi connectivity index (χ0v) is 13.9. The highest BCUT2D eigenvalue weighted by molar-refractivity contribution is 5.63. The molecule has 22 heavy (non-hydrogen) atoms. The lowest BCUT2D eigenvalue weighted by Crippen LogP contribution is -1.97. The summed E-state index contributed by atoms with van der Waals surface area (Å²) >= 11 is 0. The summed E-state index contributed by atoms with van der Waals surface area (Å²) in [5.41, 5.74) is 3.82. The van der Waals surface area contributed by atoms with Crippen molar-refractivity contribution in [2.75, 3.05) is 0 Å². The number of rotatable bonds is 3. The third-order valence-corrected chi connectivity index (χ3v) is 3.01. The van der Waals surface area contributed by atoms with Gasteiger partial charge in [-0.3, -0.25) is 0 Å². The predicted molar refractivity (Wildman–Crippen MR) is 102 cm³/mol. The van der Waals surface area contributed by atoms with E-state index in [-0.39, 0.29) is 5.41 Å². The summed E-state index contributed by atoms with van der Waals surface area (Å²) in [6.45, 7) is 14.0. The lowest BCUT2D eigenvalue weighted by atomic mass is 9.95. The molecule has 0 saturated carbocycles. The highest BCUT2D eigenvalue weighted by Crippen LogP contribution is 2.16. The molecule has 0 spiro atoms. The molecule has 2 aromatic carbocycles. The van der Waals surface area contributed by atoms with E-state index in [1.54, 1.807) is 0 Å². The van der Waals surface area contributed by atoms with Crippen molar-refractivity contribution in [3.05, 3.63) is 90.5 Å². The standard InChI is InChI=1S/C12H16.C10H10/c1-12(2,3)10-9-11-7-5-4-6-8-11;1-3-9-7-5-6-8-10(9)4-2/h4-10H,1-3H3;3-8H,1-2H2. The van der Waals surface area contributed by atoms with Crippen LogP contribution in [0.1, 0.15) is 37.5 Å². The van der Waals surface area contributed by atoms with Crippen LogP contribution < -0.4 is 0 Å². The normalized spacial score (nSPS) is 10.7. The van der Waals surface area contributed by atoms with Gasteiger partial charge in [-0.05, 0) is 22.1 Å². The van der Waals surface area contributed by atoms with Crippen LogP contribution in [0.5, 0.6) is 0 Å². The number of benzene rings is 2. The lowest BCUT2D eigenvalue weighted by molar-refractivity contribution is 0.547. The van der Waals surface area contributed by atoms with Gasteiger partial charge in [-0.2, -0.15) is 0 Å². The van der Waals surface area contributed by atoms with E-state index in [0.717, 1.165) is 11.1 Å². The van der Waals surface area contributed by atoms with Crippen molar-refractivity contribution in [2.45, 2.75) is 20.8 Å². The average molecular weight is 290 g/mol. The molecule has 0 heteroatoms. The Kier molecular flexibility index (Phi) is 7.12. The van der Waals surface area contributed by atoms with Crippen molar-refractivity contribution in [3.8, 4) is 0 Å². The van der Waals surface area contributed by atoms with Gasteiger partial charge >= 0.3 is 0 Å². The minimum Gasteiger partial charge on any atom is -0.0984 e. The smallest absolute Gasteiger partial charge is 0.0190 e. The van der Waals surface area contributed by atoms with Crippen molar-refractivity contribution >= 4 is 18.2 Å². The van der Waals surface area contributed by atoms with E-state index in [0.29, 0.717) is 0 Å². The van der Waals surface area contributed by atoms with Crippen molar-refractivity contribution < 1.29 is 0 Å². The molecule has 0 aromatic heterocycles. The van der Waals surface area contributed by atoms with E-state index < -0.39 is 0 Å². The number of allylic oxidation sites excluding steroid dienone is 1. The van der Waals surface area contributed by atoms with E-state index in [1.807, 2.05) is 42.5 Å². The van der Waals surface area contributed by atoms with Crippen LogP contribution in [0.2, 0.25) is 0 Å². The summed E-state index contributed by atoms with van der Waals surface area (Å²) in [6.07, 6.45) is 8.05. The van der Waals surface area contributed by atoms with Gasteiger partial charge in [-0.1, -0.05) is 113 Å². The van der Waals surface area contributed by atoms with Crippen molar-refractivity contribution in [1.29, 1.82) is 0 Å². The fourth-order valence-corrected chi connectivity index (χ4v) is 1.79. The summed E-state index contributed by atoms with van der Waals surface area (Å²) in [4.78, 5) is 0. The molecular weight excluding hydrogens is 264 g/mol. The van der Waals surface area contributed by atoms with Gasteiger partial charge in [0.1, 0.15) is 0 Å². The number of hydrogen-bond donors (Lipinski definition) is 0. The molecule has 0 aliphatic rings. The minimum absolute atomic E-state index is 0.274. The van der Waals surface area contributed by atoms with Crippen LogP contribution in [0.3, 0.4) is 0 Å². The highest BCUT2D eigenvalue weighted by atomic mass is 14.1. The maximum absolute atomic E-state index is 3.69. The molecule has 0 heterocycles. The van der Waals surface area contributed by atoms with Crippen LogP contribution >= 0.6 is 0 Å². The van der Waals surface area contributed by atoms with E-state index in [9.17, 15) is 0 Å². The molecule has 0 radical (unpaired) electrons. The largest absolute Gasteiger partial charge is 0.0984 e. The van der Waals surface area contributed by atoms with E-state index in [2.05, 4.69) is 70.3 Å². The summed E-state index contributed by atoms with van der Waals surface area (Å²) in [5.74, 6) is 0. The Morgan fingerprint density at radius 3 is 1.59 bits per heavy atom. The first-order valence-corrected chi connectivity index (χ1v) is 7.54. The molecule has 0 unspecified atom stereocenters. The van der Waals surface area contributed by atoms with Gasteiger partial charge in [0.05, 0.1) is 0 Å². The van der Waals surface area contributed by atoms with Crippen LogP contribution in [-0.2, 0) is 0 Å². The first-order valence-electron chi connectivity index (χ1n) is 7.54. The second kappa shape index (κ2) is 8.84. The fourth-order valence-electron chi connectivity index (χ4n) is 1.79. The molecule has 0 N–H and O–H groups in total. The zero-order chi connectivity index (χ0) is 16.4. The summed E-state index contributed by atoms with van der Waals surface area (Å²) < 4.78 is 0. The first kappa shape index (κ1) is 17.7. The maximum Gasteiger partial charge on any atom is -0.0190 e. The maximum atomic E-state index is 3.69. The van der Waals surface area contributed by atoms with Gasteiger partial charge < -0.3 is 0 Å². The van der Waals surface area contributed by atoms with E-state index >= 15 is 0 Å². The van der Waals surface area contributed by atoms with E-state index in [4.69, 9.17) is 0 Å². The lowest BCUT2D eigenvalue weighted by Gasteiger charge is -2.10. The van der Waals surface area contributed by atoms with Crippen LogP contribution in [-0.4, -0.2) is 0 Å². The molecule has 114 valence electrons. The van der Waals surface area contributed by atoms with Crippen molar-refractivity contribution in [1.82, 2.24) is 0 Å². The predicted octanol–water partition coefficient (Wildman–Crippen LogP) is 6.72. The second-order valence-electron chi connectivity index (χ2n) is 6.15. The van der Waals surface area contributed by atoms with E-state index in [1.165, 1.54) is 5.56 Å². The fraction of sp³-hybridized carbons (Fsp3) is 0.182. The molecule has 0 aliphatic heterocycles.